The van der Waals surface area contributed by atoms with Gasteiger partial charge in [0.2, 0.25) is 0 Å². The van der Waals surface area contributed by atoms with Gasteiger partial charge in [-0.1, -0.05) is 6.92 Å². The molecule has 0 aromatic heterocycles. The fourth-order valence-corrected chi connectivity index (χ4v) is 2.01. The van der Waals surface area contributed by atoms with Crippen LogP contribution in [-0.4, -0.2) is 41.2 Å². The van der Waals surface area contributed by atoms with E-state index in [1.165, 1.54) is 4.90 Å². The molecular formula is C13H17NO3S. The van der Waals surface area contributed by atoms with Crippen LogP contribution in [-0.2, 0) is 4.79 Å². The SMILES string of the molecule is CCCN(CC(=O)O)C(=O)c1ccc(SC)cc1. The summed E-state index contributed by atoms with van der Waals surface area (Å²) in [6.07, 6.45) is 2.70. The average Bonchev–Trinajstić information content (AvgIpc) is 2.37. The standard InChI is InChI=1S/C13H17NO3S/c1-3-8-14(9-12(15)16)13(17)10-4-6-11(18-2)7-5-10/h4-7H,3,8-9H2,1-2H3,(H,15,16). The fourth-order valence-electron chi connectivity index (χ4n) is 1.60. The van der Waals surface area contributed by atoms with Gasteiger partial charge in [-0.2, -0.15) is 0 Å². The number of aliphatic carboxylic acids is 1. The van der Waals surface area contributed by atoms with Crippen LogP contribution >= 0.6 is 11.8 Å². The average molecular weight is 267 g/mol. The zero-order chi connectivity index (χ0) is 13.5. The highest BCUT2D eigenvalue weighted by Gasteiger charge is 2.17. The molecule has 18 heavy (non-hydrogen) atoms. The van der Waals surface area contributed by atoms with Crippen molar-refractivity contribution in [3.63, 3.8) is 0 Å². The minimum absolute atomic E-state index is 0.230. The third-order valence-electron chi connectivity index (χ3n) is 2.44. The Balaban J connectivity index is 2.83. The van der Waals surface area contributed by atoms with E-state index in [1.54, 1.807) is 23.9 Å². The number of amides is 1. The van der Waals surface area contributed by atoms with Crippen LogP contribution in [0.1, 0.15) is 23.7 Å². The number of hydrogen-bond acceptors (Lipinski definition) is 3. The maximum atomic E-state index is 12.1. The molecule has 1 rings (SSSR count). The normalized spacial score (nSPS) is 10.1. The first-order chi connectivity index (χ1) is 8.58. The molecule has 0 fully saturated rings. The quantitative estimate of drug-likeness (QED) is 0.804. The van der Waals surface area contributed by atoms with Crippen molar-refractivity contribution in [2.45, 2.75) is 18.2 Å². The Labute approximate surface area is 111 Å². The highest BCUT2D eigenvalue weighted by molar-refractivity contribution is 7.98. The maximum Gasteiger partial charge on any atom is 0.323 e. The molecule has 1 amide bonds. The van der Waals surface area contributed by atoms with Crippen LogP contribution in [0.3, 0.4) is 0 Å². The van der Waals surface area contributed by atoms with Crippen molar-refractivity contribution in [1.29, 1.82) is 0 Å². The molecule has 0 aliphatic carbocycles. The van der Waals surface area contributed by atoms with E-state index in [9.17, 15) is 9.59 Å². The van der Waals surface area contributed by atoms with Gasteiger partial charge in [0.05, 0.1) is 0 Å². The number of carbonyl (C=O) groups excluding carboxylic acids is 1. The Morgan fingerprint density at radius 2 is 1.89 bits per heavy atom. The number of thioether (sulfide) groups is 1. The van der Waals surface area contributed by atoms with Gasteiger partial charge in [0.25, 0.3) is 5.91 Å². The van der Waals surface area contributed by atoms with E-state index >= 15 is 0 Å². The van der Waals surface area contributed by atoms with E-state index in [0.717, 1.165) is 11.3 Å². The van der Waals surface area contributed by atoms with Gasteiger partial charge in [0.1, 0.15) is 6.54 Å². The van der Waals surface area contributed by atoms with Crippen LogP contribution in [0.4, 0.5) is 0 Å². The highest BCUT2D eigenvalue weighted by atomic mass is 32.2. The zero-order valence-electron chi connectivity index (χ0n) is 10.5. The summed E-state index contributed by atoms with van der Waals surface area (Å²) in [5.74, 6) is -1.22. The second-order valence-corrected chi connectivity index (χ2v) is 4.73. The summed E-state index contributed by atoms with van der Waals surface area (Å²) in [5.41, 5.74) is 0.530. The van der Waals surface area contributed by atoms with Crippen molar-refractivity contribution in [2.75, 3.05) is 19.3 Å². The summed E-state index contributed by atoms with van der Waals surface area (Å²) in [6.45, 7) is 2.12. The van der Waals surface area contributed by atoms with Crippen molar-refractivity contribution in [2.24, 2.45) is 0 Å². The van der Waals surface area contributed by atoms with Gasteiger partial charge >= 0.3 is 5.97 Å². The molecule has 0 bridgehead atoms. The third-order valence-corrected chi connectivity index (χ3v) is 3.19. The van der Waals surface area contributed by atoms with Crippen molar-refractivity contribution in [3.8, 4) is 0 Å². The Bertz CT molecular complexity index is 417. The number of hydrogen-bond donors (Lipinski definition) is 1. The van der Waals surface area contributed by atoms with Gasteiger partial charge in [0, 0.05) is 17.0 Å². The lowest BCUT2D eigenvalue weighted by atomic mass is 10.2. The highest BCUT2D eigenvalue weighted by Crippen LogP contribution is 2.16. The largest absolute Gasteiger partial charge is 0.480 e. The van der Waals surface area contributed by atoms with E-state index in [-0.39, 0.29) is 12.5 Å². The van der Waals surface area contributed by atoms with E-state index < -0.39 is 5.97 Å². The van der Waals surface area contributed by atoms with Crippen LogP contribution < -0.4 is 0 Å². The van der Waals surface area contributed by atoms with Crippen LogP contribution in [0.2, 0.25) is 0 Å². The molecule has 1 aromatic rings. The first kappa shape index (κ1) is 14.6. The zero-order valence-corrected chi connectivity index (χ0v) is 11.4. The smallest absolute Gasteiger partial charge is 0.323 e. The predicted octanol–water partition coefficient (Wildman–Crippen LogP) is 2.35. The molecule has 0 radical (unpaired) electrons. The van der Waals surface area contributed by atoms with Crippen LogP contribution in [0.5, 0.6) is 0 Å². The summed E-state index contributed by atoms with van der Waals surface area (Å²) in [4.78, 5) is 25.3. The van der Waals surface area contributed by atoms with E-state index in [1.807, 2.05) is 25.3 Å². The van der Waals surface area contributed by atoms with E-state index in [4.69, 9.17) is 5.11 Å². The summed E-state index contributed by atoms with van der Waals surface area (Å²) in [5, 5.41) is 8.79. The van der Waals surface area contributed by atoms with Gasteiger partial charge in [-0.3, -0.25) is 9.59 Å². The molecule has 0 aliphatic rings. The molecule has 1 N–H and O–H groups in total. The molecule has 4 nitrogen and oxygen atoms in total. The first-order valence-electron chi connectivity index (χ1n) is 5.73. The number of rotatable bonds is 6. The molecule has 0 heterocycles. The number of benzene rings is 1. The second kappa shape index (κ2) is 7.06. The summed E-state index contributed by atoms with van der Waals surface area (Å²) in [7, 11) is 0. The fraction of sp³-hybridized carbons (Fsp3) is 0.385. The van der Waals surface area contributed by atoms with Gasteiger partial charge in [-0.05, 0) is 36.9 Å². The van der Waals surface area contributed by atoms with Crippen LogP contribution in [0.15, 0.2) is 29.2 Å². The third kappa shape index (κ3) is 4.07. The molecule has 1 aromatic carbocycles. The van der Waals surface area contributed by atoms with Crippen molar-refractivity contribution < 1.29 is 14.7 Å². The second-order valence-electron chi connectivity index (χ2n) is 3.85. The number of carboxylic acid groups (broad SMARTS) is 1. The lowest BCUT2D eigenvalue weighted by Gasteiger charge is -2.20. The van der Waals surface area contributed by atoms with Crippen molar-refractivity contribution >= 4 is 23.6 Å². The van der Waals surface area contributed by atoms with Gasteiger partial charge in [-0.15, -0.1) is 11.8 Å². The van der Waals surface area contributed by atoms with Gasteiger partial charge in [0.15, 0.2) is 0 Å². The van der Waals surface area contributed by atoms with E-state index in [0.29, 0.717) is 12.1 Å². The lowest BCUT2D eigenvalue weighted by Crippen LogP contribution is -2.36. The molecule has 0 unspecified atom stereocenters. The van der Waals surface area contributed by atoms with Crippen molar-refractivity contribution in [1.82, 2.24) is 4.90 Å². The monoisotopic (exact) mass is 267 g/mol. The Morgan fingerprint density at radius 1 is 1.28 bits per heavy atom. The van der Waals surface area contributed by atoms with Crippen molar-refractivity contribution in [3.05, 3.63) is 29.8 Å². The molecule has 0 aliphatic heterocycles. The Morgan fingerprint density at radius 3 is 2.33 bits per heavy atom. The molecule has 98 valence electrons. The number of nitrogens with zero attached hydrogens (tertiary/aromatic N) is 1. The molecule has 0 saturated carbocycles. The summed E-state index contributed by atoms with van der Waals surface area (Å²) >= 11 is 1.60. The minimum atomic E-state index is -0.988. The number of carbonyl (C=O) groups is 2. The Hall–Kier alpha value is -1.49. The Kier molecular flexibility index (Phi) is 5.71. The summed E-state index contributed by atoms with van der Waals surface area (Å²) < 4.78 is 0. The topological polar surface area (TPSA) is 57.6 Å². The number of carboxylic acids is 1. The molecular weight excluding hydrogens is 250 g/mol. The summed E-state index contributed by atoms with van der Waals surface area (Å²) in [6, 6.07) is 7.20. The molecule has 5 heteroatoms. The molecule has 0 spiro atoms. The first-order valence-corrected chi connectivity index (χ1v) is 6.96. The lowest BCUT2D eigenvalue weighted by molar-refractivity contribution is -0.137. The van der Waals surface area contributed by atoms with Gasteiger partial charge in [-0.25, -0.2) is 0 Å². The van der Waals surface area contributed by atoms with Crippen LogP contribution in [0, 0.1) is 0 Å². The molecule has 0 atom stereocenters. The van der Waals surface area contributed by atoms with Gasteiger partial charge < -0.3 is 10.0 Å². The maximum absolute atomic E-state index is 12.1. The predicted molar refractivity (Wildman–Crippen MR) is 72.1 cm³/mol. The minimum Gasteiger partial charge on any atom is -0.480 e. The van der Waals surface area contributed by atoms with Crippen LogP contribution in [0.25, 0.3) is 0 Å². The van der Waals surface area contributed by atoms with E-state index in [2.05, 4.69) is 0 Å². The molecule has 0 saturated heterocycles.